The summed E-state index contributed by atoms with van der Waals surface area (Å²) >= 11 is 0. The van der Waals surface area contributed by atoms with Gasteiger partial charge in [0.05, 0.1) is 0 Å². The lowest BCUT2D eigenvalue weighted by atomic mass is 10.1. The number of rotatable bonds is 5. The molecule has 1 aromatic rings. The van der Waals surface area contributed by atoms with Crippen LogP contribution in [0.3, 0.4) is 0 Å². The lowest BCUT2D eigenvalue weighted by molar-refractivity contribution is 0.0761. The number of aryl methyl sites for hydroxylation is 1. The lowest BCUT2D eigenvalue weighted by Crippen LogP contribution is -2.31. The van der Waals surface area contributed by atoms with E-state index >= 15 is 0 Å². The Kier molecular flexibility index (Phi) is 4.49. The van der Waals surface area contributed by atoms with E-state index in [9.17, 15) is 4.79 Å². The number of carbonyl (C=O) groups excluding carboxylic acids is 1. The summed E-state index contributed by atoms with van der Waals surface area (Å²) in [6.45, 7) is 7.68. The summed E-state index contributed by atoms with van der Waals surface area (Å²) in [6.07, 6.45) is 0. The molecule has 0 aliphatic rings. The van der Waals surface area contributed by atoms with Crippen molar-refractivity contribution in [2.75, 3.05) is 20.1 Å². The third-order valence-corrected chi connectivity index (χ3v) is 2.59. The number of carbonyl (C=O) groups is 1. The maximum Gasteiger partial charge on any atom is 0.276 e. The van der Waals surface area contributed by atoms with Gasteiger partial charge in [-0.25, -0.2) is 0 Å². The van der Waals surface area contributed by atoms with Crippen molar-refractivity contribution in [3.05, 3.63) is 17.0 Å². The van der Waals surface area contributed by atoms with Gasteiger partial charge in [0.1, 0.15) is 5.76 Å². The Balaban J connectivity index is 2.98. The number of hydrogen-bond acceptors (Lipinski definition) is 4. The minimum absolute atomic E-state index is 0.0629. The molecule has 5 nitrogen and oxygen atoms in total. The molecular weight excluding hydrogens is 206 g/mol. The van der Waals surface area contributed by atoms with Crippen LogP contribution in [-0.4, -0.2) is 36.1 Å². The highest BCUT2D eigenvalue weighted by molar-refractivity contribution is 5.93. The van der Waals surface area contributed by atoms with Gasteiger partial charge in [-0.1, -0.05) is 5.16 Å². The molecule has 0 aliphatic carbocycles. The SMILES string of the molecule is CCN(CC)C(=O)c1noc(C)c1CNC. The van der Waals surface area contributed by atoms with Crippen LogP contribution in [0.25, 0.3) is 0 Å². The van der Waals surface area contributed by atoms with Crippen molar-refractivity contribution in [1.29, 1.82) is 0 Å². The summed E-state index contributed by atoms with van der Waals surface area (Å²) in [6, 6.07) is 0. The quantitative estimate of drug-likeness (QED) is 0.817. The minimum Gasteiger partial charge on any atom is -0.361 e. The van der Waals surface area contributed by atoms with Gasteiger partial charge in [0.2, 0.25) is 0 Å². The second-order valence-electron chi connectivity index (χ2n) is 3.57. The first-order valence-electron chi connectivity index (χ1n) is 5.54. The van der Waals surface area contributed by atoms with Crippen molar-refractivity contribution in [2.24, 2.45) is 0 Å². The first kappa shape index (κ1) is 12.7. The third kappa shape index (κ3) is 2.41. The molecule has 0 aliphatic heterocycles. The smallest absolute Gasteiger partial charge is 0.276 e. The maximum absolute atomic E-state index is 12.1. The highest BCUT2D eigenvalue weighted by Crippen LogP contribution is 2.15. The van der Waals surface area contributed by atoms with E-state index in [1.165, 1.54) is 0 Å². The van der Waals surface area contributed by atoms with Crippen LogP contribution in [0.2, 0.25) is 0 Å². The number of aromatic nitrogens is 1. The van der Waals surface area contributed by atoms with Gasteiger partial charge in [-0.2, -0.15) is 0 Å². The van der Waals surface area contributed by atoms with Crippen LogP contribution in [0.4, 0.5) is 0 Å². The molecule has 1 rings (SSSR count). The largest absolute Gasteiger partial charge is 0.361 e. The molecule has 0 saturated heterocycles. The molecule has 0 unspecified atom stereocenters. The van der Waals surface area contributed by atoms with Gasteiger partial charge in [0, 0.05) is 25.2 Å². The van der Waals surface area contributed by atoms with Crippen molar-refractivity contribution in [3.8, 4) is 0 Å². The van der Waals surface area contributed by atoms with Crippen molar-refractivity contribution >= 4 is 5.91 Å². The van der Waals surface area contributed by atoms with Crippen LogP contribution in [0, 0.1) is 6.92 Å². The van der Waals surface area contributed by atoms with E-state index in [-0.39, 0.29) is 5.91 Å². The molecule has 0 bridgehead atoms. The van der Waals surface area contributed by atoms with E-state index in [1.54, 1.807) is 4.90 Å². The molecule has 0 atom stereocenters. The van der Waals surface area contributed by atoms with Crippen LogP contribution in [0.1, 0.15) is 35.7 Å². The van der Waals surface area contributed by atoms with Gasteiger partial charge in [-0.15, -0.1) is 0 Å². The number of nitrogens with one attached hydrogen (secondary N) is 1. The summed E-state index contributed by atoms with van der Waals surface area (Å²) < 4.78 is 5.07. The fourth-order valence-electron chi connectivity index (χ4n) is 1.60. The molecule has 0 spiro atoms. The van der Waals surface area contributed by atoms with Gasteiger partial charge in [0.15, 0.2) is 5.69 Å². The molecule has 1 N–H and O–H groups in total. The zero-order valence-corrected chi connectivity index (χ0v) is 10.3. The first-order valence-corrected chi connectivity index (χ1v) is 5.54. The fraction of sp³-hybridized carbons (Fsp3) is 0.636. The molecule has 0 fully saturated rings. The summed E-state index contributed by atoms with van der Waals surface area (Å²) in [5.41, 5.74) is 1.27. The van der Waals surface area contributed by atoms with Crippen LogP contribution in [0.15, 0.2) is 4.52 Å². The average Bonchev–Trinajstić information content (AvgIpc) is 2.63. The molecule has 0 aromatic carbocycles. The molecule has 1 heterocycles. The van der Waals surface area contributed by atoms with Gasteiger partial charge >= 0.3 is 0 Å². The topological polar surface area (TPSA) is 58.4 Å². The van der Waals surface area contributed by atoms with Gasteiger partial charge in [0.25, 0.3) is 5.91 Å². The van der Waals surface area contributed by atoms with Crippen molar-refractivity contribution in [2.45, 2.75) is 27.3 Å². The molecule has 5 heteroatoms. The van der Waals surface area contributed by atoms with Crippen molar-refractivity contribution < 1.29 is 9.32 Å². The van der Waals surface area contributed by atoms with E-state index in [0.717, 1.165) is 5.56 Å². The normalized spacial score (nSPS) is 10.5. The standard InChI is InChI=1S/C11H19N3O2/c1-5-14(6-2)11(15)10-9(7-12-4)8(3)16-13-10/h12H,5-7H2,1-4H3. The Morgan fingerprint density at radius 2 is 2.06 bits per heavy atom. The van der Waals surface area contributed by atoms with Crippen LogP contribution in [0.5, 0.6) is 0 Å². The zero-order valence-electron chi connectivity index (χ0n) is 10.3. The summed E-state index contributed by atoms with van der Waals surface area (Å²) in [7, 11) is 1.83. The third-order valence-electron chi connectivity index (χ3n) is 2.59. The molecule has 0 saturated carbocycles. The van der Waals surface area contributed by atoms with E-state index in [1.807, 2.05) is 27.8 Å². The molecule has 90 valence electrons. The van der Waals surface area contributed by atoms with E-state index in [4.69, 9.17) is 4.52 Å². The second kappa shape index (κ2) is 5.65. The number of amides is 1. The average molecular weight is 225 g/mol. The van der Waals surface area contributed by atoms with Crippen LogP contribution < -0.4 is 5.32 Å². The number of hydrogen-bond donors (Lipinski definition) is 1. The van der Waals surface area contributed by atoms with Crippen molar-refractivity contribution in [1.82, 2.24) is 15.4 Å². The zero-order chi connectivity index (χ0) is 12.1. The summed E-state index contributed by atoms with van der Waals surface area (Å²) in [5, 5.41) is 6.86. The van der Waals surface area contributed by atoms with E-state index in [2.05, 4.69) is 10.5 Å². The lowest BCUT2D eigenvalue weighted by Gasteiger charge is -2.17. The molecule has 1 aromatic heterocycles. The fourth-order valence-corrected chi connectivity index (χ4v) is 1.60. The summed E-state index contributed by atoms with van der Waals surface area (Å²) in [5.74, 6) is 0.636. The van der Waals surface area contributed by atoms with Gasteiger partial charge in [-0.05, 0) is 27.8 Å². The summed E-state index contributed by atoms with van der Waals surface area (Å²) in [4.78, 5) is 13.8. The second-order valence-corrected chi connectivity index (χ2v) is 3.57. The molecular formula is C11H19N3O2. The predicted octanol–water partition coefficient (Wildman–Crippen LogP) is 1.18. The van der Waals surface area contributed by atoms with E-state index in [0.29, 0.717) is 31.1 Å². The van der Waals surface area contributed by atoms with E-state index < -0.39 is 0 Å². The Hall–Kier alpha value is -1.36. The Morgan fingerprint density at radius 1 is 1.44 bits per heavy atom. The highest BCUT2D eigenvalue weighted by atomic mass is 16.5. The Morgan fingerprint density at radius 3 is 2.56 bits per heavy atom. The van der Waals surface area contributed by atoms with Gasteiger partial charge < -0.3 is 14.7 Å². The van der Waals surface area contributed by atoms with Crippen LogP contribution >= 0.6 is 0 Å². The van der Waals surface area contributed by atoms with Crippen molar-refractivity contribution in [3.63, 3.8) is 0 Å². The van der Waals surface area contributed by atoms with Gasteiger partial charge in [-0.3, -0.25) is 4.79 Å². The molecule has 16 heavy (non-hydrogen) atoms. The molecule has 0 radical (unpaired) electrons. The monoisotopic (exact) mass is 225 g/mol. The Bertz CT molecular complexity index is 356. The minimum atomic E-state index is -0.0629. The first-order chi connectivity index (χ1) is 7.65. The predicted molar refractivity (Wildman–Crippen MR) is 61.3 cm³/mol. The van der Waals surface area contributed by atoms with Crippen LogP contribution in [-0.2, 0) is 6.54 Å². The highest BCUT2D eigenvalue weighted by Gasteiger charge is 2.22. The molecule has 1 amide bonds. The Labute approximate surface area is 95.8 Å². The maximum atomic E-state index is 12.1. The number of nitrogens with zero attached hydrogens (tertiary/aromatic N) is 2.